The topological polar surface area (TPSA) is 39.7 Å². The van der Waals surface area contributed by atoms with Gasteiger partial charge < -0.3 is 10.6 Å². The Balaban J connectivity index is 0.00000261. The van der Waals surface area contributed by atoms with Crippen molar-refractivity contribution in [2.75, 3.05) is 26.2 Å². The molecule has 2 heterocycles. The summed E-state index contributed by atoms with van der Waals surface area (Å²) in [5.74, 6) is 0.963. The van der Waals surface area contributed by atoms with E-state index in [4.69, 9.17) is 4.99 Å². The molecular formula is C21H31IN4S. The Hall–Kier alpha value is -1.12. The van der Waals surface area contributed by atoms with Crippen LogP contribution in [0.3, 0.4) is 0 Å². The van der Waals surface area contributed by atoms with Gasteiger partial charge in [0.1, 0.15) is 0 Å². The standard InChI is InChI=1S/C21H30N4S.HI/c1-2-22-21(23-13-10-20-9-6-16-26-20)24-19-11-14-25(15-12-19)17-18-7-4-3-5-8-18;/h3-9,16,19H,2,10-15,17H2,1H3,(H2,22,23,24);1H. The molecule has 0 bridgehead atoms. The van der Waals surface area contributed by atoms with Crippen molar-refractivity contribution < 1.29 is 0 Å². The summed E-state index contributed by atoms with van der Waals surface area (Å²) in [6, 6.07) is 15.6. The third-order valence-electron chi connectivity index (χ3n) is 4.73. The summed E-state index contributed by atoms with van der Waals surface area (Å²) in [5.41, 5.74) is 1.40. The number of nitrogens with one attached hydrogen (secondary N) is 2. The number of aliphatic imine (C=N–C) groups is 1. The van der Waals surface area contributed by atoms with Crippen LogP contribution in [-0.4, -0.2) is 43.1 Å². The molecule has 2 N–H and O–H groups in total. The Labute approximate surface area is 184 Å². The van der Waals surface area contributed by atoms with Crippen LogP contribution in [0.15, 0.2) is 52.8 Å². The number of rotatable bonds is 7. The summed E-state index contributed by atoms with van der Waals surface area (Å²) in [7, 11) is 0. The Bertz CT molecular complexity index is 652. The van der Waals surface area contributed by atoms with Crippen LogP contribution in [0.5, 0.6) is 0 Å². The molecule has 0 radical (unpaired) electrons. The first-order chi connectivity index (χ1) is 12.8. The van der Waals surface area contributed by atoms with Gasteiger partial charge in [-0.25, -0.2) is 0 Å². The van der Waals surface area contributed by atoms with Crippen molar-refractivity contribution in [3.8, 4) is 0 Å². The molecule has 1 fully saturated rings. The molecule has 2 aromatic rings. The van der Waals surface area contributed by atoms with E-state index in [-0.39, 0.29) is 24.0 Å². The van der Waals surface area contributed by atoms with Crippen LogP contribution < -0.4 is 10.6 Å². The number of benzene rings is 1. The fraction of sp³-hybridized carbons (Fsp3) is 0.476. The van der Waals surface area contributed by atoms with Crippen molar-refractivity contribution in [2.24, 2.45) is 4.99 Å². The maximum Gasteiger partial charge on any atom is 0.191 e. The fourth-order valence-electron chi connectivity index (χ4n) is 3.32. The maximum absolute atomic E-state index is 4.76. The molecule has 1 aromatic heterocycles. The molecule has 4 nitrogen and oxygen atoms in total. The van der Waals surface area contributed by atoms with E-state index in [0.717, 1.165) is 45.1 Å². The first-order valence-corrected chi connectivity index (χ1v) is 10.5. The highest BCUT2D eigenvalue weighted by Gasteiger charge is 2.19. The molecule has 6 heteroatoms. The highest BCUT2D eigenvalue weighted by molar-refractivity contribution is 14.0. The van der Waals surface area contributed by atoms with Crippen LogP contribution >= 0.6 is 35.3 Å². The maximum atomic E-state index is 4.76. The second-order valence-electron chi connectivity index (χ2n) is 6.77. The zero-order chi connectivity index (χ0) is 18.0. The van der Waals surface area contributed by atoms with Crippen molar-refractivity contribution in [1.82, 2.24) is 15.5 Å². The third-order valence-corrected chi connectivity index (χ3v) is 5.67. The van der Waals surface area contributed by atoms with E-state index in [0.29, 0.717) is 6.04 Å². The van der Waals surface area contributed by atoms with E-state index in [9.17, 15) is 0 Å². The Kier molecular flexibility index (Phi) is 10.2. The van der Waals surface area contributed by atoms with Crippen LogP contribution in [0, 0.1) is 0 Å². The molecule has 3 rings (SSSR count). The van der Waals surface area contributed by atoms with Crippen LogP contribution in [0.1, 0.15) is 30.2 Å². The average molecular weight is 498 g/mol. The predicted octanol–water partition coefficient (Wildman–Crippen LogP) is 4.13. The van der Waals surface area contributed by atoms with E-state index < -0.39 is 0 Å². The SMILES string of the molecule is CCNC(=NCCc1cccs1)NC1CCN(Cc2ccccc2)CC1.I. The number of piperidine rings is 1. The minimum absolute atomic E-state index is 0. The lowest BCUT2D eigenvalue weighted by molar-refractivity contribution is 0.198. The zero-order valence-electron chi connectivity index (χ0n) is 16.1. The third kappa shape index (κ3) is 7.79. The van der Waals surface area contributed by atoms with Gasteiger partial charge in [-0.3, -0.25) is 9.89 Å². The quantitative estimate of drug-likeness (QED) is 0.343. The van der Waals surface area contributed by atoms with Crippen LogP contribution in [0.2, 0.25) is 0 Å². The summed E-state index contributed by atoms with van der Waals surface area (Å²) in [6.07, 6.45) is 3.36. The summed E-state index contributed by atoms with van der Waals surface area (Å²) >= 11 is 1.81. The first-order valence-electron chi connectivity index (χ1n) is 9.67. The van der Waals surface area contributed by atoms with Gasteiger partial charge in [0.05, 0.1) is 0 Å². The molecule has 0 aliphatic carbocycles. The van der Waals surface area contributed by atoms with Gasteiger partial charge in [-0.05, 0) is 36.8 Å². The Morgan fingerprint density at radius 1 is 1.15 bits per heavy atom. The second-order valence-corrected chi connectivity index (χ2v) is 7.80. The summed E-state index contributed by atoms with van der Waals surface area (Å²) in [6.45, 7) is 7.20. The lowest BCUT2D eigenvalue weighted by atomic mass is 10.0. The second kappa shape index (κ2) is 12.4. The van der Waals surface area contributed by atoms with E-state index >= 15 is 0 Å². The summed E-state index contributed by atoms with van der Waals surface area (Å²) < 4.78 is 0. The normalized spacial score (nSPS) is 16.0. The van der Waals surface area contributed by atoms with Crippen molar-refractivity contribution >= 4 is 41.3 Å². The van der Waals surface area contributed by atoms with Crippen molar-refractivity contribution in [3.05, 3.63) is 58.3 Å². The van der Waals surface area contributed by atoms with Gasteiger partial charge in [0.25, 0.3) is 0 Å². The molecule has 0 saturated carbocycles. The number of hydrogen-bond donors (Lipinski definition) is 2. The minimum Gasteiger partial charge on any atom is -0.357 e. The summed E-state index contributed by atoms with van der Waals surface area (Å²) in [4.78, 5) is 8.71. The fourth-order valence-corrected chi connectivity index (χ4v) is 4.02. The smallest absolute Gasteiger partial charge is 0.191 e. The van der Waals surface area contributed by atoms with E-state index in [1.54, 1.807) is 0 Å². The number of likely N-dealkylation sites (tertiary alicyclic amines) is 1. The molecule has 27 heavy (non-hydrogen) atoms. The summed E-state index contributed by atoms with van der Waals surface area (Å²) in [5, 5.41) is 9.16. The van der Waals surface area contributed by atoms with Gasteiger partial charge in [0.2, 0.25) is 0 Å². The number of hydrogen-bond acceptors (Lipinski definition) is 3. The first kappa shape index (κ1) is 22.2. The van der Waals surface area contributed by atoms with Crippen LogP contribution in [0.4, 0.5) is 0 Å². The predicted molar refractivity (Wildman–Crippen MR) is 127 cm³/mol. The molecule has 0 amide bonds. The lowest BCUT2D eigenvalue weighted by Crippen LogP contribution is -2.48. The molecule has 1 aliphatic heterocycles. The molecule has 148 valence electrons. The largest absolute Gasteiger partial charge is 0.357 e. The van der Waals surface area contributed by atoms with Crippen molar-refractivity contribution in [2.45, 2.75) is 38.8 Å². The molecule has 0 unspecified atom stereocenters. The molecule has 0 spiro atoms. The average Bonchev–Trinajstić information content (AvgIpc) is 3.18. The van der Waals surface area contributed by atoms with Crippen LogP contribution in [0.25, 0.3) is 0 Å². The van der Waals surface area contributed by atoms with Gasteiger partial charge in [0.15, 0.2) is 5.96 Å². The highest BCUT2D eigenvalue weighted by Crippen LogP contribution is 2.14. The van der Waals surface area contributed by atoms with Gasteiger partial charge in [-0.1, -0.05) is 36.4 Å². The number of guanidine groups is 1. The highest BCUT2D eigenvalue weighted by atomic mass is 127. The van der Waals surface area contributed by atoms with Crippen LogP contribution in [-0.2, 0) is 13.0 Å². The number of nitrogens with zero attached hydrogens (tertiary/aromatic N) is 2. The van der Waals surface area contributed by atoms with Gasteiger partial charge in [0, 0.05) is 50.1 Å². The molecule has 1 saturated heterocycles. The molecular weight excluding hydrogens is 467 g/mol. The Morgan fingerprint density at radius 3 is 2.59 bits per heavy atom. The van der Waals surface area contributed by atoms with E-state index in [1.165, 1.54) is 23.3 Å². The molecule has 1 aromatic carbocycles. The molecule has 0 atom stereocenters. The van der Waals surface area contributed by atoms with Gasteiger partial charge in [-0.15, -0.1) is 35.3 Å². The number of thiophene rings is 1. The van der Waals surface area contributed by atoms with Crippen molar-refractivity contribution in [1.29, 1.82) is 0 Å². The van der Waals surface area contributed by atoms with E-state index in [2.05, 4.69) is 70.3 Å². The van der Waals surface area contributed by atoms with Gasteiger partial charge in [-0.2, -0.15) is 0 Å². The van der Waals surface area contributed by atoms with Crippen molar-refractivity contribution in [3.63, 3.8) is 0 Å². The monoisotopic (exact) mass is 498 g/mol. The zero-order valence-corrected chi connectivity index (χ0v) is 19.2. The number of halogens is 1. The van der Waals surface area contributed by atoms with Gasteiger partial charge >= 0.3 is 0 Å². The lowest BCUT2D eigenvalue weighted by Gasteiger charge is -2.33. The Morgan fingerprint density at radius 2 is 1.93 bits per heavy atom. The molecule has 1 aliphatic rings. The van der Waals surface area contributed by atoms with E-state index in [1.807, 2.05) is 11.3 Å². The minimum atomic E-state index is 0.